The molecule has 0 heterocycles. The minimum atomic E-state index is -0.953. The molecule has 0 bridgehead atoms. The van der Waals surface area contributed by atoms with E-state index in [-0.39, 0.29) is 0 Å². The zero-order valence-electron chi connectivity index (χ0n) is 9.28. The van der Waals surface area contributed by atoms with Gasteiger partial charge in [-0.05, 0) is 13.0 Å². The zero-order chi connectivity index (χ0) is 12.3. The molecule has 0 saturated heterocycles. The first-order valence-electron chi connectivity index (χ1n) is 4.65. The van der Waals surface area contributed by atoms with Gasteiger partial charge in [0, 0.05) is 11.6 Å². The van der Waals surface area contributed by atoms with Crippen molar-refractivity contribution in [3.63, 3.8) is 0 Å². The highest BCUT2D eigenvalue weighted by Crippen LogP contribution is 2.37. The standard InChI is InChI=1S/C11H13ClO4/c1-6(11(13)14)10-8(12)4-7(15-2)5-9(10)16-3/h4-6H,1-3H3,(H,13,14). The lowest BCUT2D eigenvalue weighted by Gasteiger charge is -2.15. The molecule has 1 unspecified atom stereocenters. The fraction of sp³-hybridized carbons (Fsp3) is 0.364. The second-order valence-electron chi connectivity index (χ2n) is 3.29. The maximum atomic E-state index is 10.9. The number of ether oxygens (including phenoxy) is 2. The molecule has 1 aromatic rings. The van der Waals surface area contributed by atoms with Gasteiger partial charge < -0.3 is 14.6 Å². The fourth-order valence-electron chi connectivity index (χ4n) is 1.40. The summed E-state index contributed by atoms with van der Waals surface area (Å²) in [6, 6.07) is 3.18. The number of benzene rings is 1. The van der Waals surface area contributed by atoms with Crippen LogP contribution in [-0.4, -0.2) is 25.3 Å². The van der Waals surface area contributed by atoms with E-state index in [9.17, 15) is 4.79 Å². The number of hydrogen-bond donors (Lipinski definition) is 1. The summed E-state index contributed by atoms with van der Waals surface area (Å²) in [5, 5.41) is 9.29. The lowest BCUT2D eigenvalue weighted by atomic mass is 10.00. The molecule has 0 aromatic heterocycles. The van der Waals surface area contributed by atoms with Crippen molar-refractivity contribution in [2.45, 2.75) is 12.8 Å². The SMILES string of the molecule is COc1cc(Cl)c(C(C)C(=O)O)c(OC)c1. The lowest BCUT2D eigenvalue weighted by Crippen LogP contribution is -2.09. The normalized spacial score (nSPS) is 12.0. The van der Waals surface area contributed by atoms with Crippen molar-refractivity contribution in [1.29, 1.82) is 0 Å². The van der Waals surface area contributed by atoms with E-state index < -0.39 is 11.9 Å². The molecule has 1 atom stereocenters. The van der Waals surface area contributed by atoms with Gasteiger partial charge in [-0.15, -0.1) is 0 Å². The van der Waals surface area contributed by atoms with Crippen LogP contribution in [-0.2, 0) is 4.79 Å². The van der Waals surface area contributed by atoms with Crippen molar-refractivity contribution >= 4 is 17.6 Å². The number of hydrogen-bond acceptors (Lipinski definition) is 3. The van der Waals surface area contributed by atoms with Crippen molar-refractivity contribution in [1.82, 2.24) is 0 Å². The molecule has 0 amide bonds. The van der Waals surface area contributed by atoms with E-state index in [1.54, 1.807) is 19.1 Å². The van der Waals surface area contributed by atoms with E-state index in [1.165, 1.54) is 14.2 Å². The van der Waals surface area contributed by atoms with Crippen LogP contribution in [0.25, 0.3) is 0 Å². The van der Waals surface area contributed by atoms with Crippen LogP contribution in [0.1, 0.15) is 18.4 Å². The molecule has 16 heavy (non-hydrogen) atoms. The van der Waals surface area contributed by atoms with Crippen molar-refractivity contribution < 1.29 is 19.4 Å². The molecule has 4 nitrogen and oxygen atoms in total. The number of carbonyl (C=O) groups is 1. The Morgan fingerprint density at radius 1 is 1.38 bits per heavy atom. The average molecular weight is 245 g/mol. The number of carboxylic acids is 1. The molecule has 0 aliphatic carbocycles. The highest BCUT2D eigenvalue weighted by molar-refractivity contribution is 6.32. The molecule has 1 rings (SSSR count). The molecule has 0 radical (unpaired) electrons. The molecule has 0 saturated carbocycles. The average Bonchev–Trinajstić information content (AvgIpc) is 2.26. The van der Waals surface area contributed by atoms with Crippen LogP contribution in [0.3, 0.4) is 0 Å². The van der Waals surface area contributed by atoms with Crippen LogP contribution < -0.4 is 9.47 Å². The Hall–Kier alpha value is -1.42. The summed E-state index contributed by atoms with van der Waals surface area (Å²) in [6.07, 6.45) is 0. The summed E-state index contributed by atoms with van der Waals surface area (Å²) < 4.78 is 10.1. The van der Waals surface area contributed by atoms with E-state index in [2.05, 4.69) is 0 Å². The summed E-state index contributed by atoms with van der Waals surface area (Å²) in [4.78, 5) is 10.9. The summed E-state index contributed by atoms with van der Waals surface area (Å²) >= 11 is 6.01. The van der Waals surface area contributed by atoms with Crippen LogP contribution in [0, 0.1) is 0 Å². The predicted molar refractivity (Wildman–Crippen MR) is 60.6 cm³/mol. The second kappa shape index (κ2) is 5.07. The summed E-state index contributed by atoms with van der Waals surface area (Å²) in [5.74, 6) is -0.735. The first kappa shape index (κ1) is 12.6. The topological polar surface area (TPSA) is 55.8 Å². The third-order valence-corrected chi connectivity index (χ3v) is 2.64. The number of carboxylic acid groups (broad SMARTS) is 1. The van der Waals surface area contributed by atoms with E-state index in [0.29, 0.717) is 22.1 Å². The minimum Gasteiger partial charge on any atom is -0.497 e. The van der Waals surface area contributed by atoms with Crippen molar-refractivity contribution in [2.24, 2.45) is 0 Å². The molecule has 0 aliphatic heterocycles. The van der Waals surface area contributed by atoms with Gasteiger partial charge in [0.1, 0.15) is 11.5 Å². The predicted octanol–water partition coefficient (Wildman–Crippen LogP) is 2.55. The van der Waals surface area contributed by atoms with Gasteiger partial charge in [0.25, 0.3) is 0 Å². The molecule has 0 aliphatic rings. The van der Waals surface area contributed by atoms with E-state index in [1.807, 2.05) is 0 Å². The van der Waals surface area contributed by atoms with Gasteiger partial charge in [0.15, 0.2) is 0 Å². The molecular weight excluding hydrogens is 232 g/mol. The molecule has 88 valence electrons. The Labute approximate surface area is 98.7 Å². The Balaban J connectivity index is 3.31. The van der Waals surface area contributed by atoms with Crippen molar-refractivity contribution in [3.8, 4) is 11.5 Å². The Kier molecular flexibility index (Phi) is 4.01. The Bertz CT molecular complexity index is 403. The van der Waals surface area contributed by atoms with Crippen LogP contribution in [0.4, 0.5) is 0 Å². The molecule has 0 spiro atoms. The second-order valence-corrected chi connectivity index (χ2v) is 3.69. The summed E-state index contributed by atoms with van der Waals surface area (Å²) in [6.45, 7) is 1.55. The number of rotatable bonds is 4. The first-order valence-corrected chi connectivity index (χ1v) is 5.03. The van der Waals surface area contributed by atoms with Gasteiger partial charge in [0.2, 0.25) is 0 Å². The molecule has 1 aromatic carbocycles. The Morgan fingerprint density at radius 2 is 2.00 bits per heavy atom. The maximum absolute atomic E-state index is 10.9. The first-order chi connectivity index (χ1) is 7.51. The van der Waals surface area contributed by atoms with E-state index in [0.717, 1.165) is 0 Å². The van der Waals surface area contributed by atoms with Crippen LogP contribution in [0.15, 0.2) is 12.1 Å². The van der Waals surface area contributed by atoms with Gasteiger partial charge in [-0.1, -0.05) is 11.6 Å². The van der Waals surface area contributed by atoms with Crippen molar-refractivity contribution in [3.05, 3.63) is 22.7 Å². The molecular formula is C11H13ClO4. The number of methoxy groups -OCH3 is 2. The number of halogens is 1. The largest absolute Gasteiger partial charge is 0.497 e. The van der Waals surface area contributed by atoms with Gasteiger partial charge >= 0.3 is 5.97 Å². The molecule has 0 fully saturated rings. The monoisotopic (exact) mass is 244 g/mol. The van der Waals surface area contributed by atoms with Crippen LogP contribution in [0.5, 0.6) is 11.5 Å². The maximum Gasteiger partial charge on any atom is 0.310 e. The van der Waals surface area contributed by atoms with Gasteiger partial charge in [-0.3, -0.25) is 4.79 Å². The van der Waals surface area contributed by atoms with Gasteiger partial charge in [-0.2, -0.15) is 0 Å². The summed E-state index contributed by atoms with van der Waals surface area (Å²) in [5.41, 5.74) is 0.456. The summed E-state index contributed by atoms with van der Waals surface area (Å²) in [7, 11) is 2.97. The number of aliphatic carboxylic acids is 1. The molecule has 1 N–H and O–H groups in total. The van der Waals surface area contributed by atoms with E-state index in [4.69, 9.17) is 26.2 Å². The van der Waals surface area contributed by atoms with Crippen LogP contribution >= 0.6 is 11.6 Å². The third kappa shape index (κ3) is 2.39. The smallest absolute Gasteiger partial charge is 0.310 e. The minimum absolute atomic E-state index is 0.325. The lowest BCUT2D eigenvalue weighted by molar-refractivity contribution is -0.138. The highest BCUT2D eigenvalue weighted by Gasteiger charge is 2.22. The van der Waals surface area contributed by atoms with Gasteiger partial charge in [0.05, 0.1) is 25.2 Å². The van der Waals surface area contributed by atoms with Crippen molar-refractivity contribution in [2.75, 3.05) is 14.2 Å². The van der Waals surface area contributed by atoms with Crippen LogP contribution in [0.2, 0.25) is 5.02 Å². The van der Waals surface area contributed by atoms with Gasteiger partial charge in [-0.25, -0.2) is 0 Å². The quantitative estimate of drug-likeness (QED) is 0.884. The fourth-order valence-corrected chi connectivity index (χ4v) is 1.76. The third-order valence-electron chi connectivity index (χ3n) is 2.32. The molecule has 5 heteroatoms. The van der Waals surface area contributed by atoms with E-state index >= 15 is 0 Å². The highest BCUT2D eigenvalue weighted by atomic mass is 35.5. The zero-order valence-corrected chi connectivity index (χ0v) is 10.0. The Morgan fingerprint density at radius 3 is 2.44 bits per heavy atom.